The monoisotopic (exact) mass is 539 g/mol. The van der Waals surface area contributed by atoms with Crippen LogP contribution in [-0.4, -0.2) is 24.5 Å². The van der Waals surface area contributed by atoms with E-state index >= 15 is 0 Å². The fraction of sp³-hybridized carbons (Fsp3) is 0. The largest absolute Gasteiger partial charge is 0.454 e. The molecule has 6 nitrogen and oxygen atoms in total. The van der Waals surface area contributed by atoms with Crippen LogP contribution in [0.4, 0.5) is 0 Å². The van der Waals surface area contributed by atoms with Gasteiger partial charge in [-0.3, -0.25) is 9.55 Å². The molecule has 0 aliphatic carbocycles. The Kier molecular flexibility index (Phi) is 4.80. The predicted octanol–water partition coefficient (Wildman–Crippen LogP) is 8.75. The third kappa shape index (κ3) is 3.39. The molecule has 0 N–H and O–H groups in total. The van der Waals surface area contributed by atoms with E-state index in [0.717, 1.165) is 60.4 Å². The highest BCUT2D eigenvalue weighted by Gasteiger charge is 2.20. The van der Waals surface area contributed by atoms with Gasteiger partial charge in [-0.1, -0.05) is 84.9 Å². The van der Waals surface area contributed by atoms with Crippen molar-refractivity contribution < 1.29 is 4.42 Å². The third-order valence-electron chi connectivity index (χ3n) is 7.91. The molecule has 0 aliphatic rings. The van der Waals surface area contributed by atoms with Gasteiger partial charge in [0.2, 0.25) is 5.95 Å². The molecule has 196 valence electrons. The van der Waals surface area contributed by atoms with Crippen LogP contribution in [0.5, 0.6) is 0 Å². The molecule has 0 unspecified atom stereocenters. The van der Waals surface area contributed by atoms with Gasteiger partial charge >= 0.3 is 0 Å². The molecule has 0 atom stereocenters. The fourth-order valence-electron chi connectivity index (χ4n) is 6.01. The lowest BCUT2D eigenvalue weighted by atomic mass is 10.1. The van der Waals surface area contributed by atoms with E-state index in [9.17, 15) is 0 Å². The zero-order valence-electron chi connectivity index (χ0n) is 22.3. The number of hydrogen-bond acceptors (Lipinski definition) is 5. The molecule has 0 radical (unpaired) electrons. The average molecular weight is 540 g/mol. The van der Waals surface area contributed by atoms with Crippen LogP contribution in [0.15, 0.2) is 132 Å². The molecule has 4 aromatic heterocycles. The average Bonchev–Trinajstić information content (AvgIpc) is 3.60. The Bertz CT molecular complexity index is 2440. The third-order valence-corrected chi connectivity index (χ3v) is 7.91. The lowest BCUT2D eigenvalue weighted by molar-refractivity contribution is 0.668. The minimum Gasteiger partial charge on any atom is -0.454 e. The van der Waals surface area contributed by atoms with Gasteiger partial charge in [-0.05, 0) is 47.2 Å². The van der Waals surface area contributed by atoms with Crippen molar-refractivity contribution in [2.75, 3.05) is 0 Å². The first-order valence-electron chi connectivity index (χ1n) is 13.8. The molecule has 0 fully saturated rings. The zero-order valence-corrected chi connectivity index (χ0v) is 22.3. The van der Waals surface area contributed by atoms with E-state index in [1.54, 1.807) is 6.20 Å². The van der Waals surface area contributed by atoms with Gasteiger partial charge in [0, 0.05) is 28.1 Å². The molecule has 0 aliphatic heterocycles. The number of nitrogens with zero attached hydrogens (tertiary/aromatic N) is 5. The second-order valence-corrected chi connectivity index (χ2v) is 10.3. The molecule has 0 saturated carbocycles. The first kappa shape index (κ1) is 22.9. The molecule has 9 rings (SSSR count). The van der Waals surface area contributed by atoms with Crippen molar-refractivity contribution >= 4 is 54.6 Å². The Hall–Kier alpha value is -5.88. The summed E-state index contributed by atoms with van der Waals surface area (Å²) in [6.07, 6.45) is 1.78. The fourth-order valence-corrected chi connectivity index (χ4v) is 6.01. The number of para-hydroxylation sites is 2. The minimum atomic E-state index is 0.554. The van der Waals surface area contributed by atoms with Gasteiger partial charge in [0.15, 0.2) is 17.2 Å². The molecule has 9 aromatic rings. The quantitative estimate of drug-likeness (QED) is 0.224. The zero-order chi connectivity index (χ0) is 27.6. The molecule has 4 heterocycles. The Morgan fingerprint density at radius 1 is 0.548 bits per heavy atom. The number of rotatable bonds is 3. The van der Waals surface area contributed by atoms with Crippen LogP contribution < -0.4 is 0 Å². The summed E-state index contributed by atoms with van der Waals surface area (Å²) in [5, 5.41) is 5.47. The number of pyridine rings is 1. The van der Waals surface area contributed by atoms with Gasteiger partial charge in [0.1, 0.15) is 11.1 Å². The van der Waals surface area contributed by atoms with E-state index in [-0.39, 0.29) is 0 Å². The number of furan rings is 1. The van der Waals surface area contributed by atoms with Gasteiger partial charge in [-0.2, -0.15) is 9.97 Å². The van der Waals surface area contributed by atoms with Crippen molar-refractivity contribution in [2.24, 2.45) is 0 Å². The molecule has 0 amide bonds. The molecule has 0 bridgehead atoms. The van der Waals surface area contributed by atoms with Crippen molar-refractivity contribution in [1.29, 1.82) is 0 Å². The lowest BCUT2D eigenvalue weighted by Crippen LogP contribution is -2.06. The lowest BCUT2D eigenvalue weighted by Gasteiger charge is -2.11. The van der Waals surface area contributed by atoms with Crippen LogP contribution >= 0.6 is 0 Å². The summed E-state index contributed by atoms with van der Waals surface area (Å²) in [6.45, 7) is 0. The van der Waals surface area contributed by atoms with Crippen LogP contribution in [0.3, 0.4) is 0 Å². The van der Waals surface area contributed by atoms with Crippen LogP contribution in [0, 0.1) is 0 Å². The maximum atomic E-state index is 6.16. The highest BCUT2D eigenvalue weighted by molar-refractivity contribution is 6.10. The smallest absolute Gasteiger partial charge is 0.238 e. The molecule has 6 heteroatoms. The maximum absolute atomic E-state index is 6.16. The normalized spacial score (nSPS) is 11.8. The first-order chi connectivity index (χ1) is 20.8. The van der Waals surface area contributed by atoms with E-state index in [0.29, 0.717) is 17.6 Å². The summed E-state index contributed by atoms with van der Waals surface area (Å²) in [5.41, 5.74) is 6.09. The van der Waals surface area contributed by atoms with Crippen molar-refractivity contribution in [3.63, 3.8) is 0 Å². The van der Waals surface area contributed by atoms with E-state index in [2.05, 4.69) is 76.3 Å². The minimum absolute atomic E-state index is 0.554. The van der Waals surface area contributed by atoms with Gasteiger partial charge in [-0.15, -0.1) is 0 Å². The Labute approximate surface area is 239 Å². The van der Waals surface area contributed by atoms with Gasteiger partial charge in [0.05, 0.1) is 16.4 Å². The number of aromatic nitrogens is 5. The van der Waals surface area contributed by atoms with Crippen LogP contribution in [0.1, 0.15) is 0 Å². The Balaban J connectivity index is 1.38. The van der Waals surface area contributed by atoms with E-state index in [4.69, 9.17) is 19.4 Å². The maximum Gasteiger partial charge on any atom is 0.238 e. The molecule has 42 heavy (non-hydrogen) atoms. The van der Waals surface area contributed by atoms with Crippen molar-refractivity contribution in [2.45, 2.75) is 0 Å². The molecular weight excluding hydrogens is 518 g/mol. The van der Waals surface area contributed by atoms with E-state index in [1.165, 1.54) is 5.39 Å². The highest BCUT2D eigenvalue weighted by atomic mass is 16.3. The van der Waals surface area contributed by atoms with Crippen LogP contribution in [-0.2, 0) is 0 Å². The predicted molar refractivity (Wildman–Crippen MR) is 168 cm³/mol. The summed E-state index contributed by atoms with van der Waals surface area (Å²) in [4.78, 5) is 20.0. The topological polar surface area (TPSA) is 69.6 Å². The second kappa shape index (κ2) is 8.81. The SMILES string of the molecule is c1ccc2cc(-c3nc(-c4cccc5oc6cccnc6c45)nc(-n4c5ccccc5c5ccccc54)n3)ccc2c1. The van der Waals surface area contributed by atoms with Crippen molar-refractivity contribution in [3.8, 4) is 28.7 Å². The molecular formula is C36H21N5O. The molecule has 0 saturated heterocycles. The van der Waals surface area contributed by atoms with Gasteiger partial charge in [0.25, 0.3) is 0 Å². The second-order valence-electron chi connectivity index (χ2n) is 10.3. The molecule has 5 aromatic carbocycles. The summed E-state index contributed by atoms with van der Waals surface area (Å²) in [5.74, 6) is 1.71. The molecule has 0 spiro atoms. The van der Waals surface area contributed by atoms with Gasteiger partial charge in [-0.25, -0.2) is 4.98 Å². The summed E-state index contributed by atoms with van der Waals surface area (Å²) >= 11 is 0. The standard InChI is InChI=1S/C36H21N5O/c1-2-10-23-21-24(19-18-22(23)9-1)34-38-35(27-13-7-16-30-32(27)33-31(42-30)17-8-20-37-33)40-36(39-34)41-28-14-5-3-11-25(28)26-12-4-6-15-29(26)41/h1-21H. The highest BCUT2D eigenvalue weighted by Crippen LogP contribution is 2.36. The van der Waals surface area contributed by atoms with E-state index in [1.807, 2.05) is 54.6 Å². The Morgan fingerprint density at radius 3 is 2.10 bits per heavy atom. The number of hydrogen-bond donors (Lipinski definition) is 0. The Morgan fingerprint density at radius 2 is 1.26 bits per heavy atom. The van der Waals surface area contributed by atoms with Gasteiger partial charge < -0.3 is 4.42 Å². The van der Waals surface area contributed by atoms with Crippen molar-refractivity contribution in [3.05, 3.63) is 128 Å². The van der Waals surface area contributed by atoms with Crippen LogP contribution in [0.2, 0.25) is 0 Å². The summed E-state index contributed by atoms with van der Waals surface area (Å²) in [7, 11) is 0. The first-order valence-corrected chi connectivity index (χ1v) is 13.8. The van der Waals surface area contributed by atoms with E-state index < -0.39 is 0 Å². The summed E-state index contributed by atoms with van der Waals surface area (Å²) in [6, 6.07) is 41.2. The summed E-state index contributed by atoms with van der Waals surface area (Å²) < 4.78 is 8.29. The van der Waals surface area contributed by atoms with Crippen molar-refractivity contribution in [1.82, 2.24) is 24.5 Å². The van der Waals surface area contributed by atoms with Crippen LogP contribution in [0.25, 0.3) is 83.4 Å². The number of benzene rings is 5. The number of fused-ring (bicyclic) bond motifs is 7.